The van der Waals surface area contributed by atoms with Gasteiger partial charge in [-0.05, 0) is 33.1 Å². The average molecular weight is 397 g/mol. The first-order valence-corrected chi connectivity index (χ1v) is 8.03. The zero-order valence-electron chi connectivity index (χ0n) is 22.7. The lowest BCUT2D eigenvalue weighted by atomic mass is 10.0. The maximum Gasteiger partial charge on any atom is 0.197 e. The summed E-state index contributed by atoms with van der Waals surface area (Å²) in [5.41, 5.74) is 1.54. The van der Waals surface area contributed by atoms with Gasteiger partial charge >= 0.3 is 0 Å². The highest BCUT2D eigenvalue weighted by molar-refractivity contribution is 9.10. The predicted molar refractivity (Wildman–Crippen MR) is 106 cm³/mol. The summed E-state index contributed by atoms with van der Waals surface area (Å²) in [7, 11) is 0. The number of hydrogen-bond acceptors (Lipinski definition) is 2. The van der Waals surface area contributed by atoms with E-state index >= 15 is 0 Å². The fourth-order valence-electron chi connectivity index (χ4n) is 2.27. The van der Waals surface area contributed by atoms with Crippen LogP contribution in [0.1, 0.15) is 13.7 Å². The number of hydrogen-bond donors (Lipinski definition) is 0. The highest BCUT2D eigenvalue weighted by atomic mass is 79.9. The Labute approximate surface area is 169 Å². The van der Waals surface area contributed by atoms with Crippen molar-refractivity contribution < 1.29 is 13.7 Å². The topological polar surface area (TPSA) is 25.8 Å². The second-order valence-electron chi connectivity index (χ2n) is 4.98. The fourth-order valence-corrected chi connectivity index (χ4v) is 2.66. The maximum atomic E-state index is 8.20. The van der Waals surface area contributed by atoms with Gasteiger partial charge in [0.2, 0.25) is 0 Å². The minimum Gasteiger partial charge on any atom is -0.222 e. The Morgan fingerprint density at radius 1 is 0.600 bits per heavy atom. The molecule has 0 atom stereocenters. The van der Waals surface area contributed by atoms with E-state index < -0.39 is 36.3 Å². The van der Waals surface area contributed by atoms with Gasteiger partial charge in [0, 0.05) is 11.1 Å². The molecule has 3 aromatic carbocycles. The van der Waals surface area contributed by atoms with Crippen LogP contribution < -0.4 is 0 Å². The third kappa shape index (κ3) is 3.52. The maximum absolute atomic E-state index is 8.20. The number of benzene rings is 3. The first-order chi connectivity index (χ1) is 16.4. The van der Waals surface area contributed by atoms with Crippen LogP contribution in [-0.2, 0) is 0 Å². The molecule has 0 radical (unpaired) electrons. The Bertz CT molecular complexity index is 1450. The van der Waals surface area contributed by atoms with Crippen LogP contribution in [-0.4, -0.2) is 9.97 Å². The highest BCUT2D eigenvalue weighted by Crippen LogP contribution is 2.27. The Balaban J connectivity index is 1.83. The van der Waals surface area contributed by atoms with E-state index in [4.69, 9.17) is 13.7 Å². The second kappa shape index (κ2) is 6.99. The van der Waals surface area contributed by atoms with Crippen LogP contribution in [0.2, 0.25) is 0 Å². The van der Waals surface area contributed by atoms with Gasteiger partial charge in [-0.1, -0.05) is 84.7 Å². The van der Waals surface area contributed by atoms with Crippen LogP contribution in [0.15, 0.2) is 95.5 Å². The number of rotatable bonds is 3. The molecule has 0 bridgehead atoms. The average Bonchev–Trinajstić information content (AvgIpc) is 2.84. The quantitative estimate of drug-likeness (QED) is 0.383. The molecule has 1 aromatic heterocycles. The summed E-state index contributed by atoms with van der Waals surface area (Å²) in [5, 5.41) is 0. The summed E-state index contributed by atoms with van der Waals surface area (Å²) in [6.45, 7) is 0. The van der Waals surface area contributed by atoms with Crippen molar-refractivity contribution in [3.05, 3.63) is 95.5 Å². The summed E-state index contributed by atoms with van der Waals surface area (Å²) in [6.07, 6.45) is 0. The van der Waals surface area contributed by atoms with E-state index in [9.17, 15) is 0 Å². The SMILES string of the molecule is [2H]c1c([2H])c([2H])c(-c2ccc(-c3cc(-c4c([2H])c([2H])c([2H])c([2H])c4[2H])nc(Br)n3)cc2)c([2H])c1[2H]. The molecule has 0 saturated heterocycles. The monoisotopic (exact) mass is 396 g/mol. The summed E-state index contributed by atoms with van der Waals surface area (Å²) >= 11 is 3.22. The molecule has 0 amide bonds. The molecule has 120 valence electrons. The van der Waals surface area contributed by atoms with Gasteiger partial charge in [-0.25, -0.2) is 9.97 Å². The largest absolute Gasteiger partial charge is 0.222 e. The smallest absolute Gasteiger partial charge is 0.197 e. The van der Waals surface area contributed by atoms with Gasteiger partial charge in [0.05, 0.1) is 25.1 Å². The van der Waals surface area contributed by atoms with E-state index in [2.05, 4.69) is 25.9 Å². The fraction of sp³-hybridized carbons (Fsp3) is 0. The summed E-state index contributed by atoms with van der Waals surface area (Å²) in [5.74, 6) is 0. The summed E-state index contributed by atoms with van der Waals surface area (Å²) in [6, 6.07) is 3.86. The molecule has 0 aliphatic carbocycles. The third-order valence-electron chi connectivity index (χ3n) is 3.42. The lowest BCUT2D eigenvalue weighted by Crippen LogP contribution is -1.92. The van der Waals surface area contributed by atoms with E-state index in [-0.39, 0.29) is 45.7 Å². The molecule has 1 heterocycles. The van der Waals surface area contributed by atoms with Crippen molar-refractivity contribution in [2.75, 3.05) is 0 Å². The minimum absolute atomic E-state index is 0.0592. The van der Waals surface area contributed by atoms with Gasteiger partial charge in [-0.15, -0.1) is 0 Å². The van der Waals surface area contributed by atoms with E-state index in [0.717, 1.165) is 0 Å². The molecule has 0 saturated carbocycles. The molecule has 0 fully saturated rings. The van der Waals surface area contributed by atoms with Crippen LogP contribution in [0.25, 0.3) is 33.6 Å². The third-order valence-corrected chi connectivity index (χ3v) is 3.78. The number of aromatic nitrogens is 2. The Morgan fingerprint density at radius 3 is 1.68 bits per heavy atom. The minimum atomic E-state index is -0.500. The van der Waals surface area contributed by atoms with E-state index in [1.165, 1.54) is 6.07 Å². The molecular weight excluding hydrogens is 372 g/mol. The van der Waals surface area contributed by atoms with Gasteiger partial charge < -0.3 is 0 Å². The Hall–Kier alpha value is -2.78. The van der Waals surface area contributed by atoms with Crippen molar-refractivity contribution in [2.24, 2.45) is 0 Å². The second-order valence-corrected chi connectivity index (χ2v) is 5.69. The van der Waals surface area contributed by atoms with Gasteiger partial charge in [0.1, 0.15) is 0 Å². The van der Waals surface area contributed by atoms with Gasteiger partial charge in [0.25, 0.3) is 0 Å². The zero-order valence-corrected chi connectivity index (χ0v) is 14.2. The first-order valence-electron chi connectivity index (χ1n) is 12.2. The van der Waals surface area contributed by atoms with Crippen molar-refractivity contribution in [3.63, 3.8) is 0 Å². The molecule has 0 aliphatic heterocycles. The standard InChI is InChI=1S/C22H15BrN2/c23-22-24-20(18-9-5-2-6-10-18)15-21(25-22)19-13-11-17(12-14-19)16-7-3-1-4-8-16/h1-15H/i1D,2D,3D,4D,5D,6D,7D,8D,9D,10D. The van der Waals surface area contributed by atoms with Gasteiger partial charge in [-0.3, -0.25) is 0 Å². The molecule has 0 unspecified atom stereocenters. The van der Waals surface area contributed by atoms with Crippen LogP contribution in [0.3, 0.4) is 0 Å². The van der Waals surface area contributed by atoms with Gasteiger partial charge in [-0.2, -0.15) is 0 Å². The predicted octanol–water partition coefficient (Wildman–Crippen LogP) is 6.24. The first kappa shape index (κ1) is 8.07. The molecule has 0 aliphatic rings. The molecule has 0 N–H and O–H groups in total. The normalized spacial score (nSPS) is 16.2. The van der Waals surface area contributed by atoms with Crippen LogP contribution in [0.4, 0.5) is 0 Å². The van der Waals surface area contributed by atoms with E-state index in [1.54, 1.807) is 24.3 Å². The number of nitrogens with zero attached hydrogens (tertiary/aromatic N) is 2. The van der Waals surface area contributed by atoms with Crippen LogP contribution in [0.5, 0.6) is 0 Å². The van der Waals surface area contributed by atoms with Crippen molar-refractivity contribution in [1.82, 2.24) is 9.97 Å². The molecule has 2 nitrogen and oxygen atoms in total. The van der Waals surface area contributed by atoms with Crippen LogP contribution in [0, 0.1) is 0 Å². The number of halogens is 1. The lowest BCUT2D eigenvalue weighted by molar-refractivity contribution is 1.12. The Kier molecular flexibility index (Phi) is 2.26. The lowest BCUT2D eigenvalue weighted by Gasteiger charge is -2.07. The Morgan fingerprint density at radius 2 is 1.08 bits per heavy atom. The van der Waals surface area contributed by atoms with Crippen molar-refractivity contribution in [2.45, 2.75) is 0 Å². The zero-order chi connectivity index (χ0) is 25.8. The van der Waals surface area contributed by atoms with Crippen LogP contribution >= 0.6 is 15.9 Å². The molecule has 4 rings (SSSR count). The van der Waals surface area contributed by atoms with E-state index in [0.29, 0.717) is 16.8 Å². The molecule has 25 heavy (non-hydrogen) atoms. The molecular formula is C22H15BrN2. The van der Waals surface area contributed by atoms with Crippen molar-refractivity contribution in [1.29, 1.82) is 0 Å². The van der Waals surface area contributed by atoms with Crippen molar-refractivity contribution in [3.8, 4) is 33.6 Å². The summed E-state index contributed by atoms with van der Waals surface area (Å²) < 4.78 is 79.9. The van der Waals surface area contributed by atoms with Gasteiger partial charge in [0.15, 0.2) is 4.73 Å². The molecule has 4 aromatic rings. The molecule has 3 heteroatoms. The summed E-state index contributed by atoms with van der Waals surface area (Å²) in [4.78, 5) is 8.53. The molecule has 0 spiro atoms. The van der Waals surface area contributed by atoms with E-state index in [1.807, 2.05) is 0 Å². The highest BCUT2D eigenvalue weighted by Gasteiger charge is 2.07. The van der Waals surface area contributed by atoms with Crippen molar-refractivity contribution >= 4 is 15.9 Å².